The topological polar surface area (TPSA) is 101 Å². The van der Waals surface area contributed by atoms with Crippen LogP contribution in [0.25, 0.3) is 0 Å². The molecule has 0 fully saturated rings. The van der Waals surface area contributed by atoms with E-state index in [-0.39, 0.29) is 16.3 Å². The van der Waals surface area contributed by atoms with Gasteiger partial charge in [0.1, 0.15) is 4.88 Å². The van der Waals surface area contributed by atoms with Crippen molar-refractivity contribution >= 4 is 27.3 Å². The molecule has 7 nitrogen and oxygen atoms in total. The van der Waals surface area contributed by atoms with Crippen LogP contribution >= 0.6 is 11.3 Å². The molecule has 0 spiro atoms. The van der Waals surface area contributed by atoms with Gasteiger partial charge in [-0.25, -0.2) is 17.9 Å². The van der Waals surface area contributed by atoms with Gasteiger partial charge in [0.25, 0.3) is 0 Å². The Kier molecular flexibility index (Phi) is 4.21. The first-order valence-electron chi connectivity index (χ1n) is 5.71. The van der Waals surface area contributed by atoms with E-state index in [1.807, 2.05) is 0 Å². The van der Waals surface area contributed by atoms with Gasteiger partial charge in [-0.3, -0.25) is 4.68 Å². The Morgan fingerprint density at radius 3 is 2.85 bits per heavy atom. The van der Waals surface area contributed by atoms with Crippen LogP contribution in [0, 0.1) is 6.92 Å². The van der Waals surface area contributed by atoms with Crippen molar-refractivity contribution in [1.82, 2.24) is 14.5 Å². The van der Waals surface area contributed by atoms with E-state index < -0.39 is 16.0 Å². The molecule has 2 aromatic heterocycles. The Morgan fingerprint density at radius 1 is 1.55 bits per heavy atom. The molecule has 0 aliphatic rings. The number of aromatic nitrogens is 2. The maximum absolute atomic E-state index is 12.1. The fraction of sp³-hybridized carbons (Fsp3) is 0.273. The first-order chi connectivity index (χ1) is 9.40. The standard InChI is InChI=1S/C11H13N3O4S2/c1-8-10(7-9(19-8)11(15)16)20(17,18)13-4-6-14-5-2-3-12-14/h2-3,5,7,13H,4,6H2,1H3,(H,15,16). The summed E-state index contributed by atoms with van der Waals surface area (Å²) in [5.41, 5.74) is 0. The van der Waals surface area contributed by atoms with Crippen LogP contribution in [0.15, 0.2) is 29.4 Å². The molecule has 108 valence electrons. The van der Waals surface area contributed by atoms with E-state index in [9.17, 15) is 13.2 Å². The summed E-state index contributed by atoms with van der Waals surface area (Å²) in [5, 5.41) is 12.8. The lowest BCUT2D eigenvalue weighted by atomic mass is 10.4. The highest BCUT2D eigenvalue weighted by molar-refractivity contribution is 7.89. The van der Waals surface area contributed by atoms with Crippen LogP contribution in [-0.4, -0.2) is 35.8 Å². The first-order valence-corrected chi connectivity index (χ1v) is 8.01. The fourth-order valence-corrected chi connectivity index (χ4v) is 4.09. The Bertz CT molecular complexity index is 704. The molecule has 0 aliphatic carbocycles. The van der Waals surface area contributed by atoms with E-state index in [2.05, 4.69) is 9.82 Å². The summed E-state index contributed by atoms with van der Waals surface area (Å²) in [6, 6.07) is 2.93. The van der Waals surface area contributed by atoms with Crippen LogP contribution in [0.3, 0.4) is 0 Å². The smallest absolute Gasteiger partial charge is 0.345 e. The molecule has 20 heavy (non-hydrogen) atoms. The minimum atomic E-state index is -3.70. The number of nitrogens with zero attached hydrogens (tertiary/aromatic N) is 2. The van der Waals surface area contributed by atoms with Crippen molar-refractivity contribution in [2.24, 2.45) is 0 Å². The Morgan fingerprint density at radius 2 is 2.30 bits per heavy atom. The molecular formula is C11H13N3O4S2. The number of rotatable bonds is 6. The van der Waals surface area contributed by atoms with Gasteiger partial charge in [0, 0.05) is 23.8 Å². The minimum Gasteiger partial charge on any atom is -0.477 e. The average molecular weight is 315 g/mol. The van der Waals surface area contributed by atoms with Gasteiger partial charge in [0.15, 0.2) is 0 Å². The number of sulfonamides is 1. The third kappa shape index (κ3) is 3.24. The van der Waals surface area contributed by atoms with Gasteiger partial charge in [0.2, 0.25) is 10.0 Å². The quantitative estimate of drug-likeness (QED) is 0.826. The molecule has 0 bridgehead atoms. The summed E-state index contributed by atoms with van der Waals surface area (Å²) in [6.45, 7) is 2.17. The van der Waals surface area contributed by atoms with Crippen molar-refractivity contribution in [2.75, 3.05) is 6.54 Å². The van der Waals surface area contributed by atoms with E-state index in [1.54, 1.807) is 30.1 Å². The molecule has 9 heteroatoms. The molecule has 0 atom stereocenters. The largest absolute Gasteiger partial charge is 0.477 e. The first kappa shape index (κ1) is 14.7. The van der Waals surface area contributed by atoms with Crippen LogP contribution in [0.2, 0.25) is 0 Å². The summed E-state index contributed by atoms with van der Waals surface area (Å²) < 4.78 is 28.2. The highest BCUT2D eigenvalue weighted by Crippen LogP contribution is 2.25. The van der Waals surface area contributed by atoms with Crippen LogP contribution in [0.5, 0.6) is 0 Å². The molecule has 0 aliphatic heterocycles. The maximum Gasteiger partial charge on any atom is 0.345 e. The SMILES string of the molecule is Cc1sc(C(=O)O)cc1S(=O)(=O)NCCn1cccn1. The summed E-state index contributed by atoms with van der Waals surface area (Å²) in [6.07, 6.45) is 3.34. The second-order valence-electron chi connectivity index (χ2n) is 4.00. The van der Waals surface area contributed by atoms with Crippen molar-refractivity contribution in [3.05, 3.63) is 34.3 Å². The number of carbonyl (C=O) groups is 1. The number of aromatic carboxylic acids is 1. The number of nitrogens with one attached hydrogen (secondary N) is 1. The monoisotopic (exact) mass is 315 g/mol. The van der Waals surface area contributed by atoms with Gasteiger partial charge in [0.05, 0.1) is 11.4 Å². The molecule has 0 saturated carbocycles. The molecule has 0 amide bonds. The highest BCUT2D eigenvalue weighted by Gasteiger charge is 2.21. The summed E-state index contributed by atoms with van der Waals surface area (Å²) in [5.74, 6) is -1.13. The zero-order valence-electron chi connectivity index (χ0n) is 10.6. The molecule has 2 rings (SSSR count). The van der Waals surface area contributed by atoms with Gasteiger partial charge >= 0.3 is 5.97 Å². The van der Waals surface area contributed by atoms with Gasteiger partial charge < -0.3 is 5.11 Å². The number of aryl methyl sites for hydroxylation is 1. The molecule has 2 heterocycles. The molecule has 0 saturated heterocycles. The van der Waals surface area contributed by atoms with Gasteiger partial charge in [-0.2, -0.15) is 5.10 Å². The second kappa shape index (κ2) is 5.73. The van der Waals surface area contributed by atoms with Crippen LogP contribution in [0.1, 0.15) is 14.5 Å². The molecule has 0 aromatic carbocycles. The zero-order chi connectivity index (χ0) is 14.8. The molecular weight excluding hydrogens is 302 g/mol. The van der Waals surface area contributed by atoms with Gasteiger partial charge in [-0.1, -0.05) is 0 Å². The number of hydrogen-bond donors (Lipinski definition) is 2. The van der Waals surface area contributed by atoms with E-state index in [1.165, 1.54) is 6.07 Å². The van der Waals surface area contributed by atoms with E-state index >= 15 is 0 Å². The van der Waals surface area contributed by atoms with Crippen molar-refractivity contribution in [2.45, 2.75) is 18.4 Å². The van der Waals surface area contributed by atoms with Gasteiger partial charge in [-0.05, 0) is 19.1 Å². The summed E-state index contributed by atoms with van der Waals surface area (Å²) in [7, 11) is -3.70. The second-order valence-corrected chi connectivity index (χ2v) is 6.99. The van der Waals surface area contributed by atoms with E-state index in [0.717, 1.165) is 11.3 Å². The molecule has 2 N–H and O–H groups in total. The number of carboxylic acid groups (broad SMARTS) is 1. The zero-order valence-corrected chi connectivity index (χ0v) is 12.2. The minimum absolute atomic E-state index is 0.00921. The van der Waals surface area contributed by atoms with Crippen LogP contribution in [0.4, 0.5) is 0 Å². The Labute approximate surface area is 119 Å². The predicted molar refractivity (Wildman–Crippen MR) is 73.4 cm³/mol. The lowest BCUT2D eigenvalue weighted by Crippen LogP contribution is -2.27. The predicted octanol–water partition coefficient (Wildman–Crippen LogP) is 0.930. The van der Waals surface area contributed by atoms with Crippen molar-refractivity contribution < 1.29 is 18.3 Å². The lowest BCUT2D eigenvalue weighted by molar-refractivity contribution is 0.0702. The normalized spacial score (nSPS) is 11.7. The van der Waals surface area contributed by atoms with Crippen molar-refractivity contribution in [1.29, 1.82) is 0 Å². The molecule has 0 unspecified atom stereocenters. The third-order valence-electron chi connectivity index (χ3n) is 2.56. The Balaban J connectivity index is 2.08. The lowest BCUT2D eigenvalue weighted by Gasteiger charge is -2.06. The average Bonchev–Trinajstić information content (AvgIpc) is 2.98. The van der Waals surface area contributed by atoms with Crippen LogP contribution < -0.4 is 4.72 Å². The number of hydrogen-bond acceptors (Lipinski definition) is 5. The summed E-state index contributed by atoms with van der Waals surface area (Å²) >= 11 is 0.944. The molecule has 0 radical (unpaired) electrons. The highest BCUT2D eigenvalue weighted by atomic mass is 32.2. The van der Waals surface area contributed by atoms with Crippen LogP contribution in [-0.2, 0) is 16.6 Å². The van der Waals surface area contributed by atoms with E-state index in [4.69, 9.17) is 5.11 Å². The fourth-order valence-electron chi connectivity index (χ4n) is 1.64. The number of thiophene rings is 1. The maximum atomic E-state index is 12.1. The molecule has 2 aromatic rings. The number of carboxylic acids is 1. The Hall–Kier alpha value is -1.71. The van der Waals surface area contributed by atoms with Gasteiger partial charge in [-0.15, -0.1) is 11.3 Å². The van der Waals surface area contributed by atoms with Crippen molar-refractivity contribution in [3.63, 3.8) is 0 Å². The summed E-state index contributed by atoms with van der Waals surface area (Å²) in [4.78, 5) is 11.3. The van der Waals surface area contributed by atoms with E-state index in [0.29, 0.717) is 11.4 Å². The van der Waals surface area contributed by atoms with Crippen molar-refractivity contribution in [3.8, 4) is 0 Å². The third-order valence-corrected chi connectivity index (χ3v) is 5.32.